The summed E-state index contributed by atoms with van der Waals surface area (Å²) >= 11 is 0. The molecule has 3 aliphatic rings. The average Bonchev–Trinajstić information content (AvgIpc) is 3.06. The second-order valence-electron chi connectivity index (χ2n) is 7.12. The largest absolute Gasteiger partial charge is 0.368 e. The summed E-state index contributed by atoms with van der Waals surface area (Å²) in [7, 11) is 0. The van der Waals surface area contributed by atoms with Crippen molar-refractivity contribution in [3.8, 4) is 0 Å². The number of nitrogens with one attached hydrogen (secondary N) is 1. The molecular weight excluding hydrogens is 302 g/mol. The highest BCUT2D eigenvalue weighted by Gasteiger charge is 2.37. The molecule has 0 bridgehead atoms. The van der Waals surface area contributed by atoms with Crippen molar-refractivity contribution in [2.45, 2.75) is 37.8 Å². The van der Waals surface area contributed by atoms with E-state index < -0.39 is 0 Å². The number of rotatable bonds is 2. The van der Waals surface area contributed by atoms with E-state index in [0.29, 0.717) is 12.1 Å². The van der Waals surface area contributed by atoms with Crippen molar-refractivity contribution in [3.63, 3.8) is 0 Å². The van der Waals surface area contributed by atoms with E-state index in [-0.39, 0.29) is 6.03 Å². The van der Waals surface area contributed by atoms with E-state index >= 15 is 0 Å². The van der Waals surface area contributed by atoms with Crippen LogP contribution in [0.4, 0.5) is 10.5 Å². The van der Waals surface area contributed by atoms with Crippen molar-refractivity contribution in [2.75, 3.05) is 44.2 Å². The lowest BCUT2D eigenvalue weighted by atomic mass is 9.99. The van der Waals surface area contributed by atoms with Crippen LogP contribution in [0.5, 0.6) is 0 Å². The van der Waals surface area contributed by atoms with Crippen molar-refractivity contribution >= 4 is 11.7 Å². The third-order valence-electron chi connectivity index (χ3n) is 5.76. The number of nitrogens with zero attached hydrogens (tertiary/aromatic N) is 4. The Morgan fingerprint density at radius 3 is 2.58 bits per heavy atom. The molecule has 6 nitrogen and oxygen atoms in total. The van der Waals surface area contributed by atoms with Crippen molar-refractivity contribution in [3.05, 3.63) is 24.5 Å². The van der Waals surface area contributed by atoms with Crippen molar-refractivity contribution in [1.82, 2.24) is 20.1 Å². The topological polar surface area (TPSA) is 51.7 Å². The third kappa shape index (κ3) is 3.20. The molecule has 0 radical (unpaired) electrons. The van der Waals surface area contributed by atoms with Crippen LogP contribution in [-0.2, 0) is 0 Å². The number of carbonyl (C=O) groups excluding carboxylic acids is 1. The number of amides is 2. The summed E-state index contributed by atoms with van der Waals surface area (Å²) in [6.07, 6.45) is 8.61. The maximum atomic E-state index is 12.6. The Bertz CT molecular complexity index is 558. The SMILES string of the molecule is O=C(N[C@@H]1CCN2CCCC[C@@H]12)N1CCN(c2ccncc2)CC1. The molecule has 2 amide bonds. The molecule has 0 spiro atoms. The first-order chi connectivity index (χ1) is 11.8. The van der Waals surface area contributed by atoms with Crippen LogP contribution in [0.25, 0.3) is 0 Å². The molecule has 2 atom stereocenters. The zero-order valence-electron chi connectivity index (χ0n) is 14.2. The molecule has 1 N–H and O–H groups in total. The molecule has 1 aromatic heterocycles. The van der Waals surface area contributed by atoms with E-state index in [1.165, 1.54) is 31.5 Å². The van der Waals surface area contributed by atoms with Crippen LogP contribution in [0.2, 0.25) is 0 Å². The third-order valence-corrected chi connectivity index (χ3v) is 5.76. The highest BCUT2D eigenvalue weighted by Crippen LogP contribution is 2.27. The molecule has 24 heavy (non-hydrogen) atoms. The molecule has 0 aromatic carbocycles. The number of fused-ring (bicyclic) bond motifs is 1. The molecule has 3 saturated heterocycles. The zero-order chi connectivity index (χ0) is 16.4. The monoisotopic (exact) mass is 329 g/mol. The van der Waals surface area contributed by atoms with Gasteiger partial charge in [-0.1, -0.05) is 6.42 Å². The summed E-state index contributed by atoms with van der Waals surface area (Å²) in [5, 5.41) is 3.32. The van der Waals surface area contributed by atoms with Gasteiger partial charge in [-0.3, -0.25) is 9.88 Å². The van der Waals surface area contributed by atoms with E-state index in [4.69, 9.17) is 0 Å². The lowest BCUT2D eigenvalue weighted by Gasteiger charge is -2.37. The Labute approximate surface area is 143 Å². The number of carbonyl (C=O) groups is 1. The normalized spacial score (nSPS) is 27.8. The second kappa shape index (κ2) is 6.97. The number of piperazine rings is 1. The van der Waals surface area contributed by atoms with Gasteiger partial charge in [0.2, 0.25) is 0 Å². The van der Waals surface area contributed by atoms with Crippen LogP contribution in [0, 0.1) is 0 Å². The molecule has 3 fully saturated rings. The summed E-state index contributed by atoms with van der Waals surface area (Å²) in [4.78, 5) is 23.6. The smallest absolute Gasteiger partial charge is 0.317 e. The average molecular weight is 329 g/mol. The van der Waals surface area contributed by atoms with Gasteiger partial charge >= 0.3 is 6.03 Å². The Balaban J connectivity index is 1.29. The highest BCUT2D eigenvalue weighted by atomic mass is 16.2. The molecule has 0 saturated carbocycles. The summed E-state index contributed by atoms with van der Waals surface area (Å²) in [5.41, 5.74) is 1.19. The molecule has 4 rings (SSSR count). The maximum Gasteiger partial charge on any atom is 0.317 e. The van der Waals surface area contributed by atoms with E-state index in [9.17, 15) is 4.79 Å². The number of aromatic nitrogens is 1. The van der Waals surface area contributed by atoms with Crippen molar-refractivity contribution in [2.24, 2.45) is 0 Å². The molecule has 130 valence electrons. The van der Waals surface area contributed by atoms with Gasteiger partial charge in [0.15, 0.2) is 0 Å². The van der Waals surface area contributed by atoms with E-state index in [2.05, 4.69) is 20.1 Å². The quantitative estimate of drug-likeness (QED) is 0.894. The fraction of sp³-hybridized carbons (Fsp3) is 0.667. The number of urea groups is 1. The van der Waals surface area contributed by atoms with Gasteiger partial charge in [-0.05, 0) is 37.9 Å². The first-order valence-electron chi connectivity index (χ1n) is 9.26. The minimum Gasteiger partial charge on any atom is -0.368 e. The van der Waals surface area contributed by atoms with Crippen LogP contribution in [0.15, 0.2) is 24.5 Å². The van der Waals surface area contributed by atoms with E-state index in [1.54, 1.807) is 0 Å². The summed E-state index contributed by atoms with van der Waals surface area (Å²) < 4.78 is 0. The minimum absolute atomic E-state index is 0.127. The minimum atomic E-state index is 0.127. The first-order valence-corrected chi connectivity index (χ1v) is 9.26. The molecular formula is C18H27N5O. The number of piperidine rings is 1. The van der Waals surface area contributed by atoms with Gasteiger partial charge in [-0.2, -0.15) is 0 Å². The summed E-state index contributed by atoms with van der Waals surface area (Å²) in [5.74, 6) is 0. The predicted molar refractivity (Wildman–Crippen MR) is 94.2 cm³/mol. The van der Waals surface area contributed by atoms with Gasteiger partial charge in [0.05, 0.1) is 0 Å². The van der Waals surface area contributed by atoms with E-state index in [0.717, 1.165) is 39.1 Å². The zero-order valence-corrected chi connectivity index (χ0v) is 14.2. The number of hydrogen-bond acceptors (Lipinski definition) is 4. The Hall–Kier alpha value is -1.82. The van der Waals surface area contributed by atoms with Crippen LogP contribution >= 0.6 is 0 Å². The lowest BCUT2D eigenvalue weighted by molar-refractivity contribution is 0.166. The Morgan fingerprint density at radius 1 is 1.00 bits per heavy atom. The number of anilines is 1. The molecule has 4 heterocycles. The Morgan fingerprint density at radius 2 is 1.79 bits per heavy atom. The van der Waals surface area contributed by atoms with Crippen LogP contribution in [-0.4, -0.2) is 72.2 Å². The molecule has 0 aliphatic carbocycles. The fourth-order valence-corrected chi connectivity index (χ4v) is 4.39. The van der Waals surface area contributed by atoms with Gasteiger partial charge in [0.1, 0.15) is 0 Å². The van der Waals surface area contributed by atoms with Gasteiger partial charge in [0, 0.05) is 62.9 Å². The number of pyridine rings is 1. The van der Waals surface area contributed by atoms with Gasteiger partial charge < -0.3 is 15.1 Å². The second-order valence-corrected chi connectivity index (χ2v) is 7.12. The van der Waals surface area contributed by atoms with Crippen LogP contribution in [0.3, 0.4) is 0 Å². The molecule has 3 aliphatic heterocycles. The van der Waals surface area contributed by atoms with Crippen molar-refractivity contribution in [1.29, 1.82) is 0 Å². The standard InChI is InChI=1S/C18H27N5O/c24-18(20-16-6-10-22-9-2-1-3-17(16)22)23-13-11-21(12-14-23)15-4-7-19-8-5-15/h4-5,7-8,16-17H,1-3,6,9-14H2,(H,20,24)/t16-,17+/m1/s1. The highest BCUT2D eigenvalue weighted by molar-refractivity contribution is 5.75. The van der Waals surface area contributed by atoms with Gasteiger partial charge in [-0.25, -0.2) is 4.79 Å². The van der Waals surface area contributed by atoms with Crippen LogP contribution < -0.4 is 10.2 Å². The van der Waals surface area contributed by atoms with Gasteiger partial charge in [-0.15, -0.1) is 0 Å². The van der Waals surface area contributed by atoms with Crippen molar-refractivity contribution < 1.29 is 4.79 Å². The maximum absolute atomic E-state index is 12.6. The molecule has 1 aromatic rings. The lowest BCUT2D eigenvalue weighted by Crippen LogP contribution is -2.55. The molecule has 6 heteroatoms. The van der Waals surface area contributed by atoms with E-state index in [1.807, 2.05) is 29.4 Å². The summed E-state index contributed by atoms with van der Waals surface area (Å²) in [6, 6.07) is 5.11. The first kappa shape index (κ1) is 15.7. The summed E-state index contributed by atoms with van der Waals surface area (Å²) in [6.45, 7) is 5.70. The van der Waals surface area contributed by atoms with Gasteiger partial charge in [0.25, 0.3) is 0 Å². The predicted octanol–water partition coefficient (Wildman–Crippen LogP) is 1.54. The Kier molecular flexibility index (Phi) is 4.56. The fourth-order valence-electron chi connectivity index (χ4n) is 4.39. The molecule has 0 unspecified atom stereocenters. The number of hydrogen-bond donors (Lipinski definition) is 1. The van der Waals surface area contributed by atoms with Crippen LogP contribution in [0.1, 0.15) is 25.7 Å².